The first-order valence-corrected chi connectivity index (χ1v) is 8.86. The zero-order valence-corrected chi connectivity index (χ0v) is 13.7. The van der Waals surface area contributed by atoms with Crippen molar-refractivity contribution in [2.75, 3.05) is 32.1 Å². The van der Waals surface area contributed by atoms with Crippen LogP contribution >= 0.6 is 0 Å². The molecule has 0 aliphatic carbocycles. The van der Waals surface area contributed by atoms with Gasteiger partial charge in [-0.25, -0.2) is 21.9 Å². The minimum absolute atomic E-state index is 0.0186. The van der Waals surface area contributed by atoms with E-state index in [4.69, 9.17) is 4.74 Å². The number of alkyl halides is 2. The summed E-state index contributed by atoms with van der Waals surface area (Å²) in [6, 6.07) is 0. The Morgan fingerprint density at radius 3 is 2.45 bits per heavy atom. The van der Waals surface area contributed by atoms with Crippen LogP contribution < -0.4 is 4.72 Å². The van der Waals surface area contributed by atoms with Gasteiger partial charge in [-0.2, -0.15) is 0 Å². The van der Waals surface area contributed by atoms with Crippen molar-refractivity contribution >= 4 is 16.0 Å². The highest BCUT2D eigenvalue weighted by Gasteiger charge is 2.52. The summed E-state index contributed by atoms with van der Waals surface area (Å²) in [7, 11) is -3.93. The van der Waals surface area contributed by atoms with Gasteiger partial charge in [0, 0.05) is 19.8 Å². The van der Waals surface area contributed by atoms with E-state index in [1.165, 1.54) is 0 Å². The molecule has 0 aromatic rings. The van der Waals surface area contributed by atoms with Crippen molar-refractivity contribution < 1.29 is 31.5 Å². The van der Waals surface area contributed by atoms with E-state index >= 15 is 0 Å². The van der Waals surface area contributed by atoms with E-state index in [-0.39, 0.29) is 45.6 Å². The van der Waals surface area contributed by atoms with Crippen LogP contribution in [0.15, 0.2) is 0 Å². The first-order valence-electron chi connectivity index (χ1n) is 7.20. The summed E-state index contributed by atoms with van der Waals surface area (Å²) in [6.45, 7) is 2.65. The van der Waals surface area contributed by atoms with Crippen LogP contribution in [0.1, 0.15) is 33.1 Å². The van der Waals surface area contributed by atoms with E-state index in [2.05, 4.69) is 9.46 Å². The summed E-state index contributed by atoms with van der Waals surface area (Å²) >= 11 is 0. The van der Waals surface area contributed by atoms with Gasteiger partial charge >= 0.3 is 5.97 Å². The molecule has 0 radical (unpaired) electrons. The molecular formula is C13H23F2NO5S. The Morgan fingerprint density at radius 2 is 1.95 bits per heavy atom. The van der Waals surface area contributed by atoms with Gasteiger partial charge < -0.3 is 9.47 Å². The highest BCUT2D eigenvalue weighted by molar-refractivity contribution is 7.89. The summed E-state index contributed by atoms with van der Waals surface area (Å²) in [6.07, 6.45) is -0.170. The predicted octanol–water partition coefficient (Wildman–Crippen LogP) is 1.31. The summed E-state index contributed by atoms with van der Waals surface area (Å²) in [5.41, 5.74) is -1.64. The Hall–Kier alpha value is -0.800. The number of hydrogen-bond donors (Lipinski definition) is 1. The zero-order valence-electron chi connectivity index (χ0n) is 12.9. The van der Waals surface area contributed by atoms with Crippen LogP contribution in [0.25, 0.3) is 0 Å². The number of esters is 1. The Kier molecular flexibility index (Phi) is 6.69. The van der Waals surface area contributed by atoms with Crippen molar-refractivity contribution in [2.45, 2.75) is 39.0 Å². The highest BCUT2D eigenvalue weighted by atomic mass is 32.2. The Bertz CT molecular complexity index is 469. The second-order valence-electron chi connectivity index (χ2n) is 5.49. The van der Waals surface area contributed by atoms with Gasteiger partial charge in [0.1, 0.15) is 0 Å². The molecule has 0 aromatic carbocycles. The minimum Gasteiger partial charge on any atom is -0.466 e. The number of halogens is 2. The standard InChI is InChI=1S/C13H23F2NO5S/c1-3-21-11(17)4-7-16-22(18,19)10-13(12(2,14)15)5-8-20-9-6-13/h16H,3-10H2,1-2H3. The molecule has 1 aliphatic heterocycles. The number of ether oxygens (including phenoxy) is 2. The number of nitrogens with one attached hydrogen (secondary N) is 1. The summed E-state index contributed by atoms with van der Waals surface area (Å²) < 4.78 is 63.9. The van der Waals surface area contributed by atoms with Crippen LogP contribution in [0, 0.1) is 5.41 Å². The molecule has 6 nitrogen and oxygen atoms in total. The van der Waals surface area contributed by atoms with Crippen molar-refractivity contribution in [3.63, 3.8) is 0 Å². The lowest BCUT2D eigenvalue weighted by atomic mass is 9.77. The first-order chi connectivity index (χ1) is 10.1. The number of sulfonamides is 1. The van der Waals surface area contributed by atoms with Gasteiger partial charge in [0.2, 0.25) is 10.0 Å². The van der Waals surface area contributed by atoms with Crippen LogP contribution in [-0.4, -0.2) is 52.4 Å². The molecule has 1 fully saturated rings. The maximum atomic E-state index is 13.9. The van der Waals surface area contributed by atoms with Gasteiger partial charge in [-0.3, -0.25) is 4.79 Å². The molecule has 0 bridgehead atoms. The van der Waals surface area contributed by atoms with Gasteiger partial charge in [0.05, 0.1) is 24.2 Å². The second-order valence-corrected chi connectivity index (χ2v) is 7.30. The Labute approximate surface area is 129 Å². The fourth-order valence-corrected chi connectivity index (χ4v) is 4.21. The van der Waals surface area contributed by atoms with E-state index in [1.54, 1.807) is 6.92 Å². The third kappa shape index (κ3) is 5.44. The molecule has 0 unspecified atom stereocenters. The SMILES string of the molecule is CCOC(=O)CCNS(=O)(=O)CC1(C(C)(F)F)CCOCC1. The molecule has 130 valence electrons. The van der Waals surface area contributed by atoms with Crippen molar-refractivity contribution in [2.24, 2.45) is 5.41 Å². The average molecular weight is 343 g/mol. The van der Waals surface area contributed by atoms with Crippen LogP contribution in [0.3, 0.4) is 0 Å². The molecule has 0 amide bonds. The van der Waals surface area contributed by atoms with E-state index in [1.807, 2.05) is 0 Å². The minimum atomic E-state index is -3.93. The summed E-state index contributed by atoms with van der Waals surface area (Å²) in [5, 5.41) is 0. The monoisotopic (exact) mass is 343 g/mol. The average Bonchev–Trinajstić information content (AvgIpc) is 2.38. The van der Waals surface area contributed by atoms with Crippen molar-refractivity contribution in [3.05, 3.63) is 0 Å². The second kappa shape index (κ2) is 7.65. The number of carbonyl (C=O) groups is 1. The molecule has 22 heavy (non-hydrogen) atoms. The molecular weight excluding hydrogens is 320 g/mol. The number of rotatable bonds is 8. The lowest BCUT2D eigenvalue weighted by Gasteiger charge is -2.41. The number of carbonyl (C=O) groups excluding carboxylic acids is 1. The Balaban J connectivity index is 2.66. The maximum absolute atomic E-state index is 13.9. The van der Waals surface area contributed by atoms with Gasteiger partial charge in [0.15, 0.2) is 0 Å². The van der Waals surface area contributed by atoms with Crippen LogP contribution in [0.5, 0.6) is 0 Å². The lowest BCUT2D eigenvalue weighted by Crippen LogP contribution is -2.50. The van der Waals surface area contributed by atoms with Crippen molar-refractivity contribution in [1.29, 1.82) is 0 Å². The van der Waals surface area contributed by atoms with E-state index in [9.17, 15) is 22.0 Å². The van der Waals surface area contributed by atoms with E-state index < -0.39 is 33.1 Å². The van der Waals surface area contributed by atoms with Gasteiger partial charge in [-0.05, 0) is 26.7 Å². The lowest BCUT2D eigenvalue weighted by molar-refractivity contribution is -0.143. The highest BCUT2D eigenvalue weighted by Crippen LogP contribution is 2.45. The van der Waals surface area contributed by atoms with Crippen molar-refractivity contribution in [3.8, 4) is 0 Å². The zero-order chi connectivity index (χ0) is 16.9. The molecule has 1 aliphatic rings. The maximum Gasteiger partial charge on any atom is 0.307 e. The molecule has 1 saturated heterocycles. The van der Waals surface area contributed by atoms with Gasteiger partial charge in [-0.15, -0.1) is 0 Å². The van der Waals surface area contributed by atoms with Crippen LogP contribution in [0.4, 0.5) is 8.78 Å². The van der Waals surface area contributed by atoms with Crippen LogP contribution in [0.2, 0.25) is 0 Å². The van der Waals surface area contributed by atoms with Crippen LogP contribution in [-0.2, 0) is 24.3 Å². The smallest absolute Gasteiger partial charge is 0.307 e. The summed E-state index contributed by atoms with van der Waals surface area (Å²) in [4.78, 5) is 11.1. The first kappa shape index (κ1) is 19.2. The molecule has 0 aromatic heterocycles. The quantitative estimate of drug-likeness (QED) is 0.672. The van der Waals surface area contributed by atoms with Gasteiger partial charge in [-0.1, -0.05) is 0 Å². The summed E-state index contributed by atoms with van der Waals surface area (Å²) in [5.74, 6) is -4.35. The molecule has 0 spiro atoms. The van der Waals surface area contributed by atoms with E-state index in [0.717, 1.165) is 6.92 Å². The third-order valence-electron chi connectivity index (χ3n) is 3.80. The fourth-order valence-electron chi connectivity index (χ4n) is 2.43. The normalized spacial score (nSPS) is 18.9. The molecule has 1 N–H and O–H groups in total. The largest absolute Gasteiger partial charge is 0.466 e. The molecule has 1 heterocycles. The van der Waals surface area contributed by atoms with E-state index in [0.29, 0.717) is 0 Å². The third-order valence-corrected chi connectivity index (χ3v) is 5.38. The van der Waals surface area contributed by atoms with Gasteiger partial charge in [0.25, 0.3) is 5.92 Å². The Morgan fingerprint density at radius 1 is 1.36 bits per heavy atom. The molecule has 0 saturated carbocycles. The molecule has 1 rings (SSSR count). The number of hydrogen-bond acceptors (Lipinski definition) is 5. The molecule has 9 heteroatoms. The van der Waals surface area contributed by atoms with Crippen molar-refractivity contribution in [1.82, 2.24) is 4.72 Å². The molecule has 0 atom stereocenters. The predicted molar refractivity (Wildman–Crippen MR) is 76.1 cm³/mol. The topological polar surface area (TPSA) is 81.7 Å². The fraction of sp³-hybridized carbons (Fsp3) is 0.923.